The number of benzene rings is 2. The number of amides is 4. The molecule has 4 amide bonds. The predicted molar refractivity (Wildman–Crippen MR) is 189 cm³/mol. The van der Waals surface area contributed by atoms with E-state index in [0.717, 1.165) is 26.1 Å². The van der Waals surface area contributed by atoms with E-state index in [-0.39, 0.29) is 24.0 Å². The minimum Gasteiger partial charge on any atom is -0.508 e. The van der Waals surface area contributed by atoms with Gasteiger partial charge in [0.25, 0.3) is 0 Å². The maximum absolute atomic E-state index is 14.9. The van der Waals surface area contributed by atoms with E-state index in [0.29, 0.717) is 46.5 Å². The Bertz CT molecular complexity index is 2170. The summed E-state index contributed by atoms with van der Waals surface area (Å²) in [5.74, 6) is -4.16. The summed E-state index contributed by atoms with van der Waals surface area (Å²) >= 11 is 14.3. The molecular formula is C37H34Cl2N4O5S. The molecule has 4 aromatic rings. The number of nitrogens with zero attached hydrogens (tertiary/aromatic N) is 4. The zero-order valence-corrected chi connectivity index (χ0v) is 29.7. The Morgan fingerprint density at radius 1 is 1.00 bits per heavy atom. The largest absolute Gasteiger partial charge is 0.508 e. The first-order valence-electron chi connectivity index (χ1n) is 16.5. The van der Waals surface area contributed by atoms with Crippen LogP contribution in [0.5, 0.6) is 5.75 Å². The van der Waals surface area contributed by atoms with Crippen molar-refractivity contribution in [3.8, 4) is 16.3 Å². The summed E-state index contributed by atoms with van der Waals surface area (Å²) in [7, 11) is 1.71. The van der Waals surface area contributed by atoms with Crippen LogP contribution in [-0.2, 0) is 26.2 Å². The molecule has 49 heavy (non-hydrogen) atoms. The van der Waals surface area contributed by atoms with E-state index < -0.39 is 46.8 Å². The minimum absolute atomic E-state index is 0.0543. The van der Waals surface area contributed by atoms with E-state index in [1.165, 1.54) is 15.9 Å². The number of carbonyl (C=O) groups is 4. The standard InChI is InChI=1S/C37H34Cl2N4O5S/c1-5-12-42-33(45)21-9-8-20-23(30(21)35(42)47)15-25-34(46)43(36(48)37(25,3)31(20)24-14-18(38)6-10-27(24)44)29-16-26(40-41(29)4)32-17(2)22-13-19(39)7-11-28(22)49-32/h6-8,10-11,13-14,16,21,23,25,30-31,44H,5,9,12,15H2,1-4H3. The third kappa shape index (κ3) is 4.46. The highest BCUT2D eigenvalue weighted by molar-refractivity contribution is 7.22. The Balaban J connectivity index is 1.26. The van der Waals surface area contributed by atoms with Crippen LogP contribution >= 0.6 is 34.5 Å². The highest BCUT2D eigenvalue weighted by Crippen LogP contribution is 2.64. The number of phenolic OH excluding ortho intramolecular Hbond substituents is 1. The van der Waals surface area contributed by atoms with Crippen molar-refractivity contribution in [1.29, 1.82) is 0 Å². The van der Waals surface area contributed by atoms with E-state index in [9.17, 15) is 24.3 Å². The fourth-order valence-electron chi connectivity index (χ4n) is 9.06. The molecule has 2 saturated heterocycles. The van der Waals surface area contributed by atoms with E-state index in [2.05, 4.69) is 0 Å². The average molecular weight is 718 g/mol. The average Bonchev–Trinajstić information content (AvgIpc) is 3.73. The summed E-state index contributed by atoms with van der Waals surface area (Å²) in [6.07, 6.45) is 3.18. The van der Waals surface area contributed by atoms with Gasteiger partial charge in [0.2, 0.25) is 23.6 Å². The third-order valence-electron chi connectivity index (χ3n) is 11.3. The summed E-state index contributed by atoms with van der Waals surface area (Å²) < 4.78 is 2.60. The topological polar surface area (TPSA) is 113 Å². The molecule has 1 saturated carbocycles. The zero-order chi connectivity index (χ0) is 34.7. The number of aromatic nitrogens is 2. The van der Waals surface area contributed by atoms with Crippen LogP contribution < -0.4 is 4.90 Å². The number of rotatable bonds is 5. The highest BCUT2D eigenvalue weighted by Gasteiger charge is 2.68. The second-order valence-corrected chi connectivity index (χ2v) is 15.8. The van der Waals surface area contributed by atoms with Crippen LogP contribution in [0, 0.1) is 36.0 Å². The van der Waals surface area contributed by atoms with Crippen molar-refractivity contribution in [2.45, 2.75) is 46.0 Å². The Morgan fingerprint density at radius 3 is 2.49 bits per heavy atom. The molecular weight excluding hydrogens is 683 g/mol. The molecule has 0 bridgehead atoms. The Labute approximate surface area is 297 Å². The first-order valence-corrected chi connectivity index (χ1v) is 18.1. The van der Waals surface area contributed by atoms with Crippen molar-refractivity contribution >= 4 is 74.1 Å². The van der Waals surface area contributed by atoms with Crippen molar-refractivity contribution in [3.05, 3.63) is 75.3 Å². The van der Waals surface area contributed by atoms with E-state index >= 15 is 0 Å². The van der Waals surface area contributed by atoms with Crippen LogP contribution in [0.4, 0.5) is 5.82 Å². The van der Waals surface area contributed by atoms with Crippen molar-refractivity contribution in [2.24, 2.45) is 36.1 Å². The van der Waals surface area contributed by atoms with Crippen LogP contribution in [0.25, 0.3) is 20.7 Å². The number of anilines is 1. The van der Waals surface area contributed by atoms with Gasteiger partial charge in [0.1, 0.15) is 17.3 Å². The number of halogens is 2. The van der Waals surface area contributed by atoms with Crippen molar-refractivity contribution in [1.82, 2.24) is 14.7 Å². The predicted octanol–water partition coefficient (Wildman–Crippen LogP) is 7.26. The summed E-state index contributed by atoms with van der Waals surface area (Å²) in [5, 5.41) is 18.1. The van der Waals surface area contributed by atoms with Crippen LogP contribution in [0.2, 0.25) is 10.0 Å². The first-order chi connectivity index (χ1) is 23.4. The lowest BCUT2D eigenvalue weighted by Gasteiger charge is -2.49. The Hall–Kier alpha value is -3.99. The molecule has 0 radical (unpaired) electrons. The number of allylic oxidation sites excluding steroid dienone is 2. The first kappa shape index (κ1) is 32.2. The molecule has 4 heterocycles. The van der Waals surface area contributed by atoms with Gasteiger partial charge in [-0.2, -0.15) is 5.10 Å². The van der Waals surface area contributed by atoms with Crippen LogP contribution in [0.15, 0.2) is 54.1 Å². The minimum atomic E-state index is -1.32. The summed E-state index contributed by atoms with van der Waals surface area (Å²) in [6.45, 7) is 6.05. The number of imide groups is 2. The fraction of sp³-hybridized carbons (Fsp3) is 0.378. The molecule has 252 valence electrons. The van der Waals surface area contributed by atoms with Gasteiger partial charge >= 0.3 is 0 Å². The molecule has 1 N–H and O–H groups in total. The van der Waals surface area contributed by atoms with Gasteiger partial charge in [0.15, 0.2) is 0 Å². The van der Waals surface area contributed by atoms with Gasteiger partial charge in [-0.15, -0.1) is 11.3 Å². The summed E-state index contributed by atoms with van der Waals surface area (Å²) in [5.41, 5.74) is 1.53. The highest BCUT2D eigenvalue weighted by atomic mass is 35.5. The maximum atomic E-state index is 14.9. The lowest BCUT2D eigenvalue weighted by atomic mass is 9.51. The van der Waals surface area contributed by atoms with Gasteiger partial charge in [-0.1, -0.05) is 41.8 Å². The number of carbonyl (C=O) groups excluding carboxylic acids is 4. The lowest BCUT2D eigenvalue weighted by molar-refractivity contribution is -0.140. The summed E-state index contributed by atoms with van der Waals surface area (Å²) in [4.78, 5) is 60.4. The number of aryl methyl sites for hydroxylation is 2. The van der Waals surface area contributed by atoms with Crippen LogP contribution in [-0.4, -0.2) is 50.0 Å². The van der Waals surface area contributed by atoms with Crippen LogP contribution in [0.1, 0.15) is 50.2 Å². The molecule has 12 heteroatoms. The van der Waals surface area contributed by atoms with Gasteiger partial charge in [-0.25, -0.2) is 4.90 Å². The van der Waals surface area contributed by atoms with Crippen molar-refractivity contribution < 1.29 is 24.3 Å². The van der Waals surface area contributed by atoms with E-state index in [1.54, 1.807) is 48.2 Å². The Kier molecular flexibility index (Phi) is 7.41. The SMILES string of the molecule is CCCN1C(=O)C2CC=C3C(CC4C(=O)N(c5cc(-c6sc7ccc(Cl)cc7c6C)nn5C)C(=O)C4(C)C3c3cc(Cl)ccc3O)C2C1=O. The number of thiophene rings is 1. The third-order valence-corrected chi connectivity index (χ3v) is 13.1. The van der Waals surface area contributed by atoms with Gasteiger partial charge in [0, 0.05) is 45.9 Å². The number of hydrogen-bond donors (Lipinski definition) is 1. The molecule has 6 atom stereocenters. The molecule has 2 aromatic heterocycles. The number of phenols is 1. The van der Waals surface area contributed by atoms with Gasteiger partial charge < -0.3 is 5.11 Å². The Morgan fingerprint density at radius 2 is 1.73 bits per heavy atom. The van der Waals surface area contributed by atoms with E-state index in [4.69, 9.17) is 28.3 Å². The number of aromatic hydroxyl groups is 1. The molecule has 3 fully saturated rings. The zero-order valence-electron chi connectivity index (χ0n) is 27.4. The number of likely N-dealkylation sites (tertiary alicyclic amines) is 1. The molecule has 8 rings (SSSR count). The van der Waals surface area contributed by atoms with Crippen LogP contribution in [0.3, 0.4) is 0 Å². The smallest absolute Gasteiger partial charge is 0.242 e. The molecule has 9 nitrogen and oxygen atoms in total. The molecule has 2 aliphatic carbocycles. The van der Waals surface area contributed by atoms with Gasteiger partial charge in [-0.3, -0.25) is 28.8 Å². The number of hydrogen-bond acceptors (Lipinski definition) is 7. The second kappa shape index (κ2) is 11.3. The number of fused-ring (bicyclic) bond motifs is 5. The molecule has 2 aliphatic heterocycles. The van der Waals surface area contributed by atoms with Crippen molar-refractivity contribution in [2.75, 3.05) is 11.4 Å². The molecule has 0 spiro atoms. The van der Waals surface area contributed by atoms with Gasteiger partial charge in [-0.05, 0) is 86.4 Å². The van der Waals surface area contributed by atoms with E-state index in [1.807, 2.05) is 38.1 Å². The normalized spacial score (nSPS) is 28.0. The molecule has 2 aromatic carbocycles. The fourth-order valence-corrected chi connectivity index (χ4v) is 10.6. The molecule has 6 unspecified atom stereocenters. The quantitative estimate of drug-likeness (QED) is 0.172. The van der Waals surface area contributed by atoms with Crippen molar-refractivity contribution in [3.63, 3.8) is 0 Å². The van der Waals surface area contributed by atoms with Gasteiger partial charge in [0.05, 0.1) is 28.0 Å². The molecule has 4 aliphatic rings. The summed E-state index contributed by atoms with van der Waals surface area (Å²) in [6, 6.07) is 12.2. The lowest BCUT2D eigenvalue weighted by Crippen LogP contribution is -2.49. The monoisotopic (exact) mass is 716 g/mol. The second-order valence-electron chi connectivity index (χ2n) is 13.9. The maximum Gasteiger partial charge on any atom is 0.242 e.